The smallest absolute Gasteiger partial charge is 0.335 e. The van der Waals surface area contributed by atoms with Crippen LogP contribution in [0.3, 0.4) is 0 Å². The Labute approximate surface area is 114 Å². The summed E-state index contributed by atoms with van der Waals surface area (Å²) in [6.07, 6.45) is 0. The number of hydrogen-bond donors (Lipinski definition) is 2. The van der Waals surface area contributed by atoms with Crippen LogP contribution in [0.2, 0.25) is 0 Å². The van der Waals surface area contributed by atoms with Gasteiger partial charge in [-0.1, -0.05) is 22.0 Å². The topological polar surface area (TPSA) is 49.3 Å². The Morgan fingerprint density at radius 2 is 1.72 bits per heavy atom. The predicted molar refractivity (Wildman–Crippen MR) is 75.6 cm³/mol. The molecular weight excluding hydrogens is 294 g/mol. The van der Waals surface area contributed by atoms with Gasteiger partial charge in [-0.25, -0.2) is 4.79 Å². The standard InChI is InChI=1S/C14H12BrNO2/c1-9-2-5-12(8-13(9)15)16-11-6-3-10(4-7-11)14(17)18/h2-8,16H,1H3,(H,17,18). The Kier molecular flexibility index (Phi) is 3.67. The first-order chi connectivity index (χ1) is 8.56. The first-order valence-electron chi connectivity index (χ1n) is 5.43. The van der Waals surface area contributed by atoms with E-state index in [9.17, 15) is 4.79 Å². The van der Waals surface area contributed by atoms with Gasteiger partial charge in [0.1, 0.15) is 0 Å². The second kappa shape index (κ2) is 5.23. The average Bonchev–Trinajstić information content (AvgIpc) is 2.34. The van der Waals surface area contributed by atoms with Crippen LogP contribution in [0.1, 0.15) is 15.9 Å². The van der Waals surface area contributed by atoms with Crippen molar-refractivity contribution in [1.29, 1.82) is 0 Å². The van der Waals surface area contributed by atoms with E-state index >= 15 is 0 Å². The molecule has 0 unspecified atom stereocenters. The highest BCUT2D eigenvalue weighted by Crippen LogP contribution is 2.23. The van der Waals surface area contributed by atoms with Gasteiger partial charge in [-0.3, -0.25) is 0 Å². The van der Waals surface area contributed by atoms with Crippen LogP contribution in [0, 0.1) is 6.92 Å². The number of halogens is 1. The van der Waals surface area contributed by atoms with Gasteiger partial charge in [-0.05, 0) is 48.9 Å². The lowest BCUT2D eigenvalue weighted by atomic mass is 10.2. The lowest BCUT2D eigenvalue weighted by molar-refractivity contribution is 0.0697. The first-order valence-corrected chi connectivity index (χ1v) is 6.22. The van der Waals surface area contributed by atoms with Crippen LogP contribution in [0.25, 0.3) is 0 Å². The van der Waals surface area contributed by atoms with Gasteiger partial charge in [0.15, 0.2) is 0 Å². The Morgan fingerprint density at radius 3 is 2.28 bits per heavy atom. The molecule has 0 heterocycles. The zero-order valence-electron chi connectivity index (χ0n) is 9.77. The van der Waals surface area contributed by atoms with Crippen molar-refractivity contribution in [1.82, 2.24) is 0 Å². The number of anilines is 2. The maximum Gasteiger partial charge on any atom is 0.335 e. The minimum absolute atomic E-state index is 0.283. The fourth-order valence-corrected chi connectivity index (χ4v) is 1.91. The van der Waals surface area contributed by atoms with Crippen molar-refractivity contribution < 1.29 is 9.90 Å². The summed E-state index contributed by atoms with van der Waals surface area (Å²) in [6.45, 7) is 2.02. The van der Waals surface area contributed by atoms with Crippen LogP contribution in [0.15, 0.2) is 46.9 Å². The molecule has 4 heteroatoms. The number of aromatic carboxylic acids is 1. The molecular formula is C14H12BrNO2. The number of hydrogen-bond acceptors (Lipinski definition) is 2. The van der Waals surface area contributed by atoms with E-state index in [1.165, 1.54) is 5.56 Å². The summed E-state index contributed by atoms with van der Waals surface area (Å²) in [5.74, 6) is -0.917. The van der Waals surface area contributed by atoms with Crippen LogP contribution in [0.5, 0.6) is 0 Å². The molecule has 0 aliphatic carbocycles. The number of carbonyl (C=O) groups is 1. The third-order valence-corrected chi connectivity index (χ3v) is 3.45. The maximum absolute atomic E-state index is 10.7. The Morgan fingerprint density at radius 1 is 1.11 bits per heavy atom. The van der Waals surface area contributed by atoms with Gasteiger partial charge < -0.3 is 10.4 Å². The highest BCUT2D eigenvalue weighted by Gasteiger charge is 2.02. The van der Waals surface area contributed by atoms with Gasteiger partial charge in [0, 0.05) is 15.8 Å². The summed E-state index contributed by atoms with van der Waals surface area (Å²) in [6, 6.07) is 12.6. The van der Waals surface area contributed by atoms with Gasteiger partial charge in [0.25, 0.3) is 0 Å². The SMILES string of the molecule is Cc1ccc(Nc2ccc(C(=O)O)cc2)cc1Br. The predicted octanol–water partition coefficient (Wildman–Crippen LogP) is 4.20. The molecule has 92 valence electrons. The molecule has 0 aliphatic heterocycles. The minimum atomic E-state index is -0.917. The molecule has 0 radical (unpaired) electrons. The fraction of sp³-hybridized carbons (Fsp3) is 0.0714. The molecule has 2 N–H and O–H groups in total. The Hall–Kier alpha value is -1.81. The zero-order valence-corrected chi connectivity index (χ0v) is 11.4. The normalized spacial score (nSPS) is 10.1. The summed E-state index contributed by atoms with van der Waals surface area (Å²) in [5, 5.41) is 12.0. The molecule has 2 aromatic rings. The van der Waals surface area contributed by atoms with Gasteiger partial charge in [-0.15, -0.1) is 0 Å². The van der Waals surface area contributed by atoms with Crippen molar-refractivity contribution >= 4 is 33.3 Å². The number of nitrogens with one attached hydrogen (secondary N) is 1. The Balaban J connectivity index is 2.18. The molecule has 2 aromatic carbocycles. The number of carboxylic acids is 1. The number of carboxylic acid groups (broad SMARTS) is 1. The number of rotatable bonds is 3. The van der Waals surface area contributed by atoms with Crippen molar-refractivity contribution in [2.24, 2.45) is 0 Å². The van der Waals surface area contributed by atoms with Crippen molar-refractivity contribution in [3.05, 3.63) is 58.1 Å². The third-order valence-electron chi connectivity index (χ3n) is 2.59. The summed E-state index contributed by atoms with van der Waals surface area (Å²) >= 11 is 3.47. The largest absolute Gasteiger partial charge is 0.478 e. The molecule has 0 aliphatic rings. The van der Waals surface area contributed by atoms with Crippen LogP contribution >= 0.6 is 15.9 Å². The number of aryl methyl sites for hydroxylation is 1. The highest BCUT2D eigenvalue weighted by atomic mass is 79.9. The van der Waals surface area contributed by atoms with Gasteiger partial charge in [-0.2, -0.15) is 0 Å². The Bertz CT molecular complexity index is 579. The minimum Gasteiger partial charge on any atom is -0.478 e. The average molecular weight is 306 g/mol. The maximum atomic E-state index is 10.7. The third kappa shape index (κ3) is 2.90. The fourth-order valence-electron chi connectivity index (χ4n) is 1.53. The molecule has 0 amide bonds. The highest BCUT2D eigenvalue weighted by molar-refractivity contribution is 9.10. The van der Waals surface area contributed by atoms with E-state index in [0.29, 0.717) is 0 Å². The van der Waals surface area contributed by atoms with Gasteiger partial charge in [0.05, 0.1) is 5.56 Å². The van der Waals surface area contributed by atoms with E-state index in [2.05, 4.69) is 21.2 Å². The molecule has 0 bridgehead atoms. The second-order valence-corrected chi connectivity index (χ2v) is 4.83. The summed E-state index contributed by atoms with van der Waals surface area (Å²) in [5.41, 5.74) is 3.26. The molecule has 3 nitrogen and oxygen atoms in total. The monoisotopic (exact) mass is 305 g/mol. The van der Waals surface area contributed by atoms with Crippen molar-refractivity contribution in [3.63, 3.8) is 0 Å². The van der Waals surface area contributed by atoms with E-state index in [1.807, 2.05) is 25.1 Å². The molecule has 18 heavy (non-hydrogen) atoms. The second-order valence-electron chi connectivity index (χ2n) is 3.97. The lowest BCUT2D eigenvalue weighted by Crippen LogP contribution is -1.96. The van der Waals surface area contributed by atoms with Crippen molar-refractivity contribution in [2.75, 3.05) is 5.32 Å². The summed E-state index contributed by atoms with van der Waals surface area (Å²) < 4.78 is 1.04. The van der Waals surface area contributed by atoms with Crippen molar-refractivity contribution in [2.45, 2.75) is 6.92 Å². The van der Waals surface area contributed by atoms with Crippen LogP contribution < -0.4 is 5.32 Å². The molecule has 0 saturated carbocycles. The summed E-state index contributed by atoms with van der Waals surface area (Å²) in [4.78, 5) is 10.7. The zero-order chi connectivity index (χ0) is 13.1. The lowest BCUT2D eigenvalue weighted by Gasteiger charge is -2.08. The molecule has 0 fully saturated rings. The molecule has 0 atom stereocenters. The van der Waals surface area contributed by atoms with Gasteiger partial charge in [0.2, 0.25) is 0 Å². The van der Waals surface area contributed by atoms with Gasteiger partial charge >= 0.3 is 5.97 Å². The first kappa shape index (κ1) is 12.6. The van der Waals surface area contributed by atoms with Crippen LogP contribution in [-0.2, 0) is 0 Å². The van der Waals surface area contributed by atoms with E-state index < -0.39 is 5.97 Å². The summed E-state index contributed by atoms with van der Waals surface area (Å²) in [7, 11) is 0. The van der Waals surface area contributed by atoms with Crippen molar-refractivity contribution in [3.8, 4) is 0 Å². The van der Waals surface area contributed by atoms with E-state index in [-0.39, 0.29) is 5.56 Å². The van der Waals surface area contributed by atoms with E-state index in [0.717, 1.165) is 15.8 Å². The molecule has 0 spiro atoms. The molecule has 0 saturated heterocycles. The molecule has 2 rings (SSSR count). The molecule has 0 aromatic heterocycles. The quantitative estimate of drug-likeness (QED) is 0.893. The van der Waals surface area contributed by atoms with E-state index in [4.69, 9.17) is 5.11 Å². The van der Waals surface area contributed by atoms with Crippen LogP contribution in [0.4, 0.5) is 11.4 Å². The van der Waals surface area contributed by atoms with E-state index in [1.54, 1.807) is 24.3 Å². The number of benzene rings is 2. The van der Waals surface area contributed by atoms with Crippen LogP contribution in [-0.4, -0.2) is 11.1 Å².